The Balaban J connectivity index is 0.000000292. The number of hydrogen-bond donors (Lipinski definition) is 0. The van der Waals surface area contributed by atoms with Crippen LogP contribution in [0.2, 0.25) is 0 Å². The van der Waals surface area contributed by atoms with Crippen LogP contribution in [0.3, 0.4) is 0 Å². The third-order valence-corrected chi connectivity index (χ3v) is 15.4. The fourth-order valence-electron chi connectivity index (χ4n) is 9.63. The van der Waals surface area contributed by atoms with Gasteiger partial charge in [0.15, 0.2) is 0 Å². The largest absolute Gasteiger partial charge is 0.304 e. The van der Waals surface area contributed by atoms with Gasteiger partial charge in [-0.1, -0.05) is 12.1 Å². The van der Waals surface area contributed by atoms with Crippen LogP contribution in [0.1, 0.15) is 60.3 Å². The van der Waals surface area contributed by atoms with Crippen LogP contribution in [0.5, 0.6) is 0 Å². The predicted octanol–water partition coefficient (Wildman–Crippen LogP) is 16.5. The first-order chi connectivity index (χ1) is 34.0. The second-order valence-corrected chi connectivity index (χ2v) is 19.8. The number of rotatable bonds is 6. The molecule has 12 rings (SSSR count). The summed E-state index contributed by atoms with van der Waals surface area (Å²) in [7, 11) is 0. The number of fused-ring (bicyclic) bond motifs is 11. The van der Waals surface area contributed by atoms with Crippen molar-refractivity contribution >= 4 is 35.2 Å². The molecule has 1 aliphatic carbocycles. The molecule has 0 spiro atoms. The molecule has 0 N–H and O–H groups in total. The fourth-order valence-corrected chi connectivity index (χ4v) is 12.5. The number of benzene rings is 8. The number of aryl methyl sites for hydroxylation is 1. The van der Waals surface area contributed by atoms with Crippen molar-refractivity contribution in [2.75, 3.05) is 0 Å². The Kier molecular flexibility index (Phi) is 11.7. The standard InChI is InChI=1S/C51H39N2Se.C12H10N.Ir/c1-31(2)43-29-34(33-17-6-5-7-18-33)30-44(32(3)4)48(43)53-46-28-15-14-27-45(46)52-51(53)42-26-16-25-41-47-39-23-12-10-21-37(39)35-19-8-9-20-36(35)38-22-11-13-24-40(38)50(47)54-49(41)42;1-10-7-8-12(13-9-10)11-5-3-2-4-6-11;/h5-25,27-32H,1-4H3;2-5,7-9H,1H3;/q2*-1;/i;1D3;. The van der Waals surface area contributed by atoms with E-state index in [-0.39, 0.29) is 40.2 Å². The van der Waals surface area contributed by atoms with E-state index in [1.165, 1.54) is 87.2 Å². The van der Waals surface area contributed by atoms with Gasteiger partial charge in [0.25, 0.3) is 0 Å². The first-order valence-corrected chi connectivity index (χ1v) is 24.7. The molecule has 68 heavy (non-hydrogen) atoms. The Morgan fingerprint density at radius 2 is 1.18 bits per heavy atom. The van der Waals surface area contributed by atoms with Gasteiger partial charge in [-0.2, -0.15) is 0 Å². The van der Waals surface area contributed by atoms with E-state index < -0.39 is 6.85 Å². The number of hydrogen-bond acceptors (Lipinski definition) is 2. The van der Waals surface area contributed by atoms with Gasteiger partial charge in [0.05, 0.1) is 0 Å². The molecule has 11 aromatic rings. The average molecular weight is 1120 g/mol. The van der Waals surface area contributed by atoms with Crippen molar-refractivity contribution in [1.82, 2.24) is 14.5 Å². The molecule has 0 bridgehead atoms. The molecule has 8 aromatic carbocycles. The predicted molar refractivity (Wildman–Crippen MR) is 282 cm³/mol. The van der Waals surface area contributed by atoms with Gasteiger partial charge in [0, 0.05) is 30.4 Å². The van der Waals surface area contributed by atoms with Crippen molar-refractivity contribution in [3.63, 3.8) is 0 Å². The van der Waals surface area contributed by atoms with Crippen molar-refractivity contribution in [3.8, 4) is 82.8 Å². The molecular weight excluding hydrogens is 1070 g/mol. The van der Waals surface area contributed by atoms with E-state index in [9.17, 15) is 0 Å². The van der Waals surface area contributed by atoms with Crippen LogP contribution in [0.4, 0.5) is 0 Å². The molecule has 0 aliphatic heterocycles. The van der Waals surface area contributed by atoms with Gasteiger partial charge in [0.2, 0.25) is 0 Å². The summed E-state index contributed by atoms with van der Waals surface area (Å²) in [5, 5.41) is 1.30. The molecule has 1 aliphatic rings. The molecule has 0 atom stereocenters. The molecule has 3 nitrogen and oxygen atoms in total. The SMILES string of the molecule is CC(C)c1cc(-c2ccccc2)cc(C(C)C)c1-n1c(-c2[c-]ccc3c4c([se]c23)-c2ccccc2-c2ccccc2-c2ccccc2-4)nc2ccccc21.[2H]C([2H])([2H])c1ccc(-c2[c-]cccc2)nc1.[Ir]. The maximum atomic E-state index is 7.23. The van der Waals surface area contributed by atoms with Crippen LogP contribution >= 0.6 is 0 Å². The zero-order valence-corrected chi connectivity index (χ0v) is 42.3. The monoisotopic (exact) mass is 1120 g/mol. The average Bonchev–Trinajstić information content (AvgIpc) is 3.97. The first-order valence-electron chi connectivity index (χ1n) is 24.5. The van der Waals surface area contributed by atoms with Gasteiger partial charge in [0.1, 0.15) is 0 Å². The molecule has 0 fully saturated rings. The Morgan fingerprint density at radius 3 is 1.81 bits per heavy atom. The summed E-state index contributed by atoms with van der Waals surface area (Å²) in [4.78, 5) is 9.64. The minimum absolute atomic E-state index is 0. The molecular formula is C63H49IrN3Se-2. The van der Waals surface area contributed by atoms with Crippen LogP contribution in [-0.2, 0) is 20.1 Å². The minimum atomic E-state index is -2.09. The summed E-state index contributed by atoms with van der Waals surface area (Å²) >= 11 is -0.00482. The molecule has 3 aromatic heterocycles. The normalized spacial score (nSPS) is 12.3. The maximum absolute atomic E-state index is 7.23. The Labute approximate surface area is 423 Å². The molecule has 0 saturated carbocycles. The van der Waals surface area contributed by atoms with E-state index >= 15 is 0 Å². The summed E-state index contributed by atoms with van der Waals surface area (Å²) in [6.07, 6.45) is 1.39. The van der Waals surface area contributed by atoms with E-state index in [4.69, 9.17) is 9.10 Å². The maximum Gasteiger partial charge on any atom is 0.0280 e. The van der Waals surface area contributed by atoms with Crippen molar-refractivity contribution in [2.45, 2.75) is 46.4 Å². The van der Waals surface area contributed by atoms with Crippen LogP contribution in [0, 0.1) is 19.0 Å². The van der Waals surface area contributed by atoms with E-state index in [1.54, 1.807) is 18.2 Å². The van der Waals surface area contributed by atoms with Gasteiger partial charge in [-0.05, 0) is 18.1 Å². The molecule has 5 heteroatoms. The van der Waals surface area contributed by atoms with Crippen LogP contribution in [0.15, 0.2) is 194 Å². The number of aromatic nitrogens is 3. The summed E-state index contributed by atoms with van der Waals surface area (Å²) < 4.78 is 27.0. The summed E-state index contributed by atoms with van der Waals surface area (Å²) in [5.41, 5.74) is 20.6. The quantitative estimate of drug-likeness (QED) is 0.123. The second-order valence-electron chi connectivity index (χ2n) is 17.7. The van der Waals surface area contributed by atoms with E-state index in [0.717, 1.165) is 33.7 Å². The zero-order chi connectivity index (χ0) is 48.1. The minimum Gasteiger partial charge on any atom is -0.304 e. The third kappa shape index (κ3) is 8.14. The van der Waals surface area contributed by atoms with Gasteiger partial charge >= 0.3 is 325 Å². The molecule has 0 saturated heterocycles. The Bertz CT molecular complexity index is 3680. The fraction of sp³-hybridized carbons (Fsp3) is 0.111. The Morgan fingerprint density at radius 1 is 0.574 bits per heavy atom. The topological polar surface area (TPSA) is 30.7 Å². The molecule has 0 amide bonds. The number of para-hydroxylation sites is 2. The second kappa shape index (κ2) is 19.1. The molecule has 0 unspecified atom stereocenters. The van der Waals surface area contributed by atoms with Crippen LogP contribution in [-0.4, -0.2) is 29.0 Å². The van der Waals surface area contributed by atoms with E-state index in [1.807, 2.05) is 18.2 Å². The number of imidazole rings is 1. The van der Waals surface area contributed by atoms with Gasteiger partial charge < -0.3 is 4.98 Å². The smallest absolute Gasteiger partial charge is 0.0280 e. The van der Waals surface area contributed by atoms with E-state index in [2.05, 4.69) is 201 Å². The summed E-state index contributed by atoms with van der Waals surface area (Å²) in [6.45, 7) is 7.20. The Hall–Kier alpha value is -6.71. The van der Waals surface area contributed by atoms with E-state index in [0.29, 0.717) is 11.8 Å². The van der Waals surface area contributed by atoms with Crippen molar-refractivity contribution in [3.05, 3.63) is 223 Å². The molecule has 333 valence electrons. The zero-order valence-electron chi connectivity index (χ0n) is 41.2. The summed E-state index contributed by atoms with van der Waals surface area (Å²) in [5.74, 6) is 1.55. The molecule has 3 heterocycles. The first kappa shape index (κ1) is 41.5. The molecule has 1 radical (unpaired) electrons. The number of nitrogens with zero attached hydrogens (tertiary/aromatic N) is 3. The van der Waals surface area contributed by atoms with Gasteiger partial charge in [-0.25, -0.2) is 0 Å². The van der Waals surface area contributed by atoms with Gasteiger partial charge in [-0.15, -0.1) is 35.9 Å². The third-order valence-electron chi connectivity index (χ3n) is 12.8. The van der Waals surface area contributed by atoms with Crippen LogP contribution < -0.4 is 0 Å². The summed E-state index contributed by atoms with van der Waals surface area (Å²) in [6, 6.07) is 73.2. The van der Waals surface area contributed by atoms with Gasteiger partial charge in [-0.3, -0.25) is 0 Å². The van der Waals surface area contributed by atoms with Crippen molar-refractivity contribution in [1.29, 1.82) is 0 Å². The number of pyridine rings is 1. The van der Waals surface area contributed by atoms with Crippen molar-refractivity contribution in [2.24, 2.45) is 0 Å². The van der Waals surface area contributed by atoms with Crippen LogP contribution in [0.25, 0.3) is 104 Å². The van der Waals surface area contributed by atoms with Crippen molar-refractivity contribution < 1.29 is 24.2 Å².